The summed E-state index contributed by atoms with van der Waals surface area (Å²) in [6, 6.07) is 1.44. The summed E-state index contributed by atoms with van der Waals surface area (Å²) in [5.41, 5.74) is 1.84. The van der Waals surface area contributed by atoms with E-state index < -0.39 is 24.1 Å². The Morgan fingerprint density at radius 1 is 1.33 bits per heavy atom. The first kappa shape index (κ1) is 19.8. The molecule has 2 aromatic heterocycles. The molecule has 0 amide bonds. The first-order valence-electron chi connectivity index (χ1n) is 8.57. The number of hydrogen-bond donors (Lipinski definition) is 0. The standard InChI is InChI=1S/C19H20BrF3N4/c1-10-14(6-5-7-16(10)19(21,22)23)11(2)25-17-15-8-13(20)9-24-18(15)27(4)12(3)26-17/h5-11,16H,1-4H3/t10?,11-,16?/m1/s1. The third kappa shape index (κ3) is 3.85. The molecule has 0 radical (unpaired) electrons. The molecule has 0 saturated carbocycles. The van der Waals surface area contributed by atoms with Crippen LogP contribution in [0.25, 0.3) is 11.0 Å². The number of rotatable bonds is 2. The van der Waals surface area contributed by atoms with Crippen molar-refractivity contribution in [3.8, 4) is 0 Å². The summed E-state index contributed by atoms with van der Waals surface area (Å²) in [6.07, 6.45) is 1.83. The Morgan fingerprint density at radius 3 is 2.70 bits per heavy atom. The van der Waals surface area contributed by atoms with Crippen molar-refractivity contribution < 1.29 is 13.2 Å². The Bertz CT molecular complexity index is 1000. The topological polar surface area (TPSA) is 43.1 Å². The molecule has 3 rings (SSSR count). The van der Waals surface area contributed by atoms with Gasteiger partial charge < -0.3 is 4.57 Å². The Balaban J connectivity index is 2.10. The fourth-order valence-corrected chi connectivity index (χ4v) is 3.72. The van der Waals surface area contributed by atoms with Gasteiger partial charge in [0.25, 0.3) is 0 Å². The van der Waals surface area contributed by atoms with E-state index in [0.29, 0.717) is 11.1 Å². The average Bonchev–Trinajstić information content (AvgIpc) is 2.58. The highest BCUT2D eigenvalue weighted by Gasteiger charge is 2.43. The van der Waals surface area contributed by atoms with Gasteiger partial charge in [-0.05, 0) is 47.3 Å². The summed E-state index contributed by atoms with van der Waals surface area (Å²) in [7, 11) is 1.86. The third-order valence-electron chi connectivity index (χ3n) is 4.99. The van der Waals surface area contributed by atoms with Gasteiger partial charge in [-0.1, -0.05) is 25.2 Å². The summed E-state index contributed by atoms with van der Waals surface area (Å²) >= 11 is 3.41. The zero-order chi connectivity index (χ0) is 19.9. The fourth-order valence-electron chi connectivity index (χ4n) is 3.39. The van der Waals surface area contributed by atoms with Crippen LogP contribution in [0.2, 0.25) is 0 Å². The molecule has 27 heavy (non-hydrogen) atoms. The Kier molecular flexibility index (Phi) is 5.29. The maximum Gasteiger partial charge on any atom is 0.395 e. The van der Waals surface area contributed by atoms with Gasteiger partial charge in [0.1, 0.15) is 11.5 Å². The molecule has 1 aliphatic carbocycles. The van der Waals surface area contributed by atoms with E-state index in [1.165, 1.54) is 12.2 Å². The second-order valence-electron chi connectivity index (χ2n) is 6.78. The number of nitrogens with zero attached hydrogens (tertiary/aromatic N) is 4. The molecule has 0 saturated heterocycles. The number of allylic oxidation sites excluding steroid dienone is 3. The van der Waals surface area contributed by atoms with Crippen LogP contribution in [-0.2, 0) is 7.05 Å². The highest BCUT2D eigenvalue weighted by Crippen LogP contribution is 2.39. The van der Waals surface area contributed by atoms with Crippen molar-refractivity contribution in [1.29, 1.82) is 0 Å². The van der Waals surface area contributed by atoms with Gasteiger partial charge in [-0.25, -0.2) is 9.97 Å². The molecule has 0 aromatic carbocycles. The van der Waals surface area contributed by atoms with E-state index in [2.05, 4.69) is 30.9 Å². The maximum atomic E-state index is 13.3. The molecule has 144 valence electrons. The normalized spacial score (nSPS) is 22.2. The van der Waals surface area contributed by atoms with Gasteiger partial charge in [0, 0.05) is 17.7 Å². The first-order valence-corrected chi connectivity index (χ1v) is 9.36. The van der Waals surface area contributed by atoms with E-state index in [1.807, 2.05) is 24.6 Å². The molecule has 0 fully saturated rings. The summed E-state index contributed by atoms with van der Waals surface area (Å²) in [5, 5.41) is 0.747. The minimum absolute atomic E-state index is 0.434. The van der Waals surface area contributed by atoms with Gasteiger partial charge in [0.2, 0.25) is 0 Å². The van der Waals surface area contributed by atoms with Crippen molar-refractivity contribution in [2.75, 3.05) is 0 Å². The van der Waals surface area contributed by atoms with Crippen LogP contribution in [0, 0.1) is 18.8 Å². The molecule has 3 atom stereocenters. The van der Waals surface area contributed by atoms with E-state index in [0.717, 1.165) is 21.3 Å². The minimum atomic E-state index is -4.27. The Morgan fingerprint density at radius 2 is 2.04 bits per heavy atom. The summed E-state index contributed by atoms with van der Waals surface area (Å²) in [6.45, 7) is 5.24. The van der Waals surface area contributed by atoms with Crippen molar-refractivity contribution in [1.82, 2.24) is 14.5 Å². The second-order valence-corrected chi connectivity index (χ2v) is 7.69. The number of pyridine rings is 1. The first-order chi connectivity index (χ1) is 12.6. The van der Waals surface area contributed by atoms with Crippen molar-refractivity contribution in [2.45, 2.75) is 33.0 Å². The highest BCUT2D eigenvalue weighted by molar-refractivity contribution is 9.10. The molecule has 1 aliphatic rings. The van der Waals surface area contributed by atoms with Crippen LogP contribution in [0.4, 0.5) is 13.2 Å². The van der Waals surface area contributed by atoms with E-state index in [1.54, 1.807) is 26.1 Å². The summed E-state index contributed by atoms with van der Waals surface area (Å²) in [4.78, 5) is 13.6. The van der Waals surface area contributed by atoms with Gasteiger partial charge in [0.05, 0.1) is 17.3 Å². The van der Waals surface area contributed by atoms with E-state index >= 15 is 0 Å². The molecule has 0 N–H and O–H groups in total. The van der Waals surface area contributed by atoms with Crippen molar-refractivity contribution in [3.05, 3.63) is 51.8 Å². The number of aromatic nitrogens is 3. The minimum Gasteiger partial charge on any atom is -0.317 e. The van der Waals surface area contributed by atoms with E-state index in [-0.39, 0.29) is 0 Å². The van der Waals surface area contributed by atoms with E-state index in [4.69, 9.17) is 0 Å². The lowest BCUT2D eigenvalue weighted by Gasteiger charge is -2.30. The van der Waals surface area contributed by atoms with Crippen LogP contribution in [0.5, 0.6) is 0 Å². The molecular formula is C19H20BrF3N4. The molecule has 8 heteroatoms. The summed E-state index contributed by atoms with van der Waals surface area (Å²) < 4.78 is 42.4. The Labute approximate surface area is 163 Å². The second kappa shape index (κ2) is 7.22. The quantitative estimate of drug-likeness (QED) is 0.682. The summed E-state index contributed by atoms with van der Waals surface area (Å²) in [5.74, 6) is -1.45. The van der Waals surface area contributed by atoms with Crippen molar-refractivity contribution >= 4 is 27.0 Å². The van der Waals surface area contributed by atoms with Crippen LogP contribution < -0.4 is 5.49 Å². The lowest BCUT2D eigenvalue weighted by Crippen LogP contribution is -2.32. The van der Waals surface area contributed by atoms with Gasteiger partial charge in [-0.2, -0.15) is 13.2 Å². The smallest absolute Gasteiger partial charge is 0.317 e. The molecule has 0 bridgehead atoms. The predicted octanol–water partition coefficient (Wildman–Crippen LogP) is 4.64. The molecule has 4 nitrogen and oxygen atoms in total. The monoisotopic (exact) mass is 440 g/mol. The molecule has 2 unspecified atom stereocenters. The van der Waals surface area contributed by atoms with Crippen LogP contribution in [0.15, 0.2) is 45.5 Å². The largest absolute Gasteiger partial charge is 0.395 e. The lowest BCUT2D eigenvalue weighted by atomic mass is 9.80. The number of fused-ring (bicyclic) bond motifs is 1. The van der Waals surface area contributed by atoms with Gasteiger partial charge in [-0.15, -0.1) is 0 Å². The van der Waals surface area contributed by atoms with Gasteiger partial charge in [-0.3, -0.25) is 4.99 Å². The Hall–Kier alpha value is -1.96. The van der Waals surface area contributed by atoms with Gasteiger partial charge >= 0.3 is 6.18 Å². The third-order valence-corrected chi connectivity index (χ3v) is 5.43. The SMILES string of the molecule is Cc1nc(=N[C@H](C)C2=CC=CC(C(F)(F)F)C2C)c2cc(Br)cnc2n1C. The highest BCUT2D eigenvalue weighted by atomic mass is 79.9. The fraction of sp³-hybridized carbons (Fsp3) is 0.421. The van der Waals surface area contributed by atoms with Crippen LogP contribution >= 0.6 is 15.9 Å². The van der Waals surface area contributed by atoms with Crippen molar-refractivity contribution in [3.63, 3.8) is 0 Å². The lowest BCUT2D eigenvalue weighted by molar-refractivity contribution is -0.170. The van der Waals surface area contributed by atoms with E-state index in [9.17, 15) is 13.2 Å². The molecule has 2 heterocycles. The molecular weight excluding hydrogens is 421 g/mol. The van der Waals surface area contributed by atoms with Gasteiger partial charge in [0.15, 0.2) is 5.49 Å². The number of aryl methyl sites for hydroxylation is 2. The number of alkyl halides is 3. The van der Waals surface area contributed by atoms with Crippen molar-refractivity contribution in [2.24, 2.45) is 23.9 Å². The molecule has 0 aliphatic heterocycles. The predicted molar refractivity (Wildman–Crippen MR) is 102 cm³/mol. The number of hydrogen-bond acceptors (Lipinski definition) is 3. The zero-order valence-corrected chi connectivity index (χ0v) is 17.0. The van der Waals surface area contributed by atoms with Crippen LogP contribution in [-0.4, -0.2) is 26.8 Å². The van der Waals surface area contributed by atoms with Crippen LogP contribution in [0.1, 0.15) is 19.7 Å². The van der Waals surface area contributed by atoms with Crippen LogP contribution in [0.3, 0.4) is 0 Å². The molecule has 2 aromatic rings. The molecule has 0 spiro atoms. The number of halogens is 4. The zero-order valence-electron chi connectivity index (χ0n) is 15.4. The average molecular weight is 441 g/mol. The maximum absolute atomic E-state index is 13.3.